The molecule has 0 unspecified atom stereocenters. The standard InChI is InChI=1S/C13H12N2O/c1-9-3-4-14-12(6-9)13-7-10(2)5-11(8-16)15-13/h3-8H,1-2H3. The Morgan fingerprint density at radius 1 is 1.06 bits per heavy atom. The van der Waals surface area contributed by atoms with Crippen LogP contribution in [0.5, 0.6) is 0 Å². The zero-order valence-corrected chi connectivity index (χ0v) is 9.27. The summed E-state index contributed by atoms with van der Waals surface area (Å²) in [5, 5.41) is 0. The minimum absolute atomic E-state index is 0.443. The number of aldehydes is 1. The Morgan fingerprint density at radius 2 is 1.81 bits per heavy atom. The highest BCUT2D eigenvalue weighted by molar-refractivity contribution is 5.74. The van der Waals surface area contributed by atoms with Gasteiger partial charge >= 0.3 is 0 Å². The fraction of sp³-hybridized carbons (Fsp3) is 0.154. The van der Waals surface area contributed by atoms with Gasteiger partial charge in [-0.15, -0.1) is 0 Å². The molecule has 16 heavy (non-hydrogen) atoms. The summed E-state index contributed by atoms with van der Waals surface area (Å²) in [5.74, 6) is 0. The van der Waals surface area contributed by atoms with Crippen molar-refractivity contribution in [2.24, 2.45) is 0 Å². The summed E-state index contributed by atoms with van der Waals surface area (Å²) in [7, 11) is 0. The third kappa shape index (κ3) is 2.14. The second kappa shape index (κ2) is 4.23. The first kappa shape index (κ1) is 10.5. The maximum absolute atomic E-state index is 10.7. The molecule has 2 aromatic heterocycles. The monoisotopic (exact) mass is 212 g/mol. The topological polar surface area (TPSA) is 42.9 Å². The second-order valence-corrected chi connectivity index (χ2v) is 3.79. The number of aryl methyl sites for hydroxylation is 2. The van der Waals surface area contributed by atoms with Gasteiger partial charge in [0.2, 0.25) is 0 Å². The molecule has 0 fully saturated rings. The summed E-state index contributed by atoms with van der Waals surface area (Å²) in [6, 6.07) is 7.57. The maximum Gasteiger partial charge on any atom is 0.168 e. The van der Waals surface area contributed by atoms with Crippen molar-refractivity contribution in [3.05, 3.63) is 47.3 Å². The fourth-order valence-electron chi connectivity index (χ4n) is 1.56. The summed E-state index contributed by atoms with van der Waals surface area (Å²) in [5.41, 5.74) is 4.12. The predicted octanol–water partition coefficient (Wildman–Crippen LogP) is 2.57. The van der Waals surface area contributed by atoms with Crippen LogP contribution in [0.4, 0.5) is 0 Å². The van der Waals surface area contributed by atoms with Crippen LogP contribution in [-0.2, 0) is 0 Å². The van der Waals surface area contributed by atoms with Gasteiger partial charge in [-0.1, -0.05) is 0 Å². The third-order valence-corrected chi connectivity index (χ3v) is 2.29. The number of pyridine rings is 2. The normalized spacial score (nSPS) is 10.1. The Labute approximate surface area is 94.2 Å². The number of nitrogens with zero attached hydrogens (tertiary/aromatic N) is 2. The number of hydrogen-bond acceptors (Lipinski definition) is 3. The van der Waals surface area contributed by atoms with Gasteiger partial charge < -0.3 is 0 Å². The molecule has 2 rings (SSSR count). The first-order valence-corrected chi connectivity index (χ1v) is 5.06. The molecule has 0 saturated heterocycles. The van der Waals surface area contributed by atoms with E-state index in [2.05, 4.69) is 9.97 Å². The second-order valence-electron chi connectivity index (χ2n) is 3.79. The van der Waals surface area contributed by atoms with E-state index in [4.69, 9.17) is 0 Å². The van der Waals surface area contributed by atoms with E-state index in [0.29, 0.717) is 5.69 Å². The lowest BCUT2D eigenvalue weighted by atomic mass is 10.1. The van der Waals surface area contributed by atoms with Crippen molar-refractivity contribution in [2.45, 2.75) is 13.8 Å². The van der Waals surface area contributed by atoms with Gasteiger partial charge in [-0.05, 0) is 49.2 Å². The molecule has 0 aromatic carbocycles. The molecule has 0 spiro atoms. The van der Waals surface area contributed by atoms with Crippen LogP contribution in [0.25, 0.3) is 11.4 Å². The number of hydrogen-bond donors (Lipinski definition) is 0. The van der Waals surface area contributed by atoms with Crippen LogP contribution < -0.4 is 0 Å². The van der Waals surface area contributed by atoms with Crippen LogP contribution in [0.1, 0.15) is 21.6 Å². The summed E-state index contributed by atoms with van der Waals surface area (Å²) in [6.45, 7) is 3.94. The molecule has 0 aliphatic carbocycles. The van der Waals surface area contributed by atoms with Gasteiger partial charge in [-0.2, -0.15) is 0 Å². The van der Waals surface area contributed by atoms with Crippen molar-refractivity contribution in [3.8, 4) is 11.4 Å². The fourth-order valence-corrected chi connectivity index (χ4v) is 1.56. The van der Waals surface area contributed by atoms with Crippen molar-refractivity contribution >= 4 is 6.29 Å². The van der Waals surface area contributed by atoms with E-state index in [0.717, 1.165) is 28.8 Å². The zero-order chi connectivity index (χ0) is 11.5. The first-order chi connectivity index (χ1) is 7.69. The van der Waals surface area contributed by atoms with E-state index in [9.17, 15) is 4.79 Å². The number of rotatable bonds is 2. The molecule has 0 aliphatic heterocycles. The van der Waals surface area contributed by atoms with Crippen molar-refractivity contribution in [1.82, 2.24) is 9.97 Å². The highest BCUT2D eigenvalue weighted by Crippen LogP contribution is 2.17. The van der Waals surface area contributed by atoms with Gasteiger partial charge in [0.25, 0.3) is 0 Å². The molecule has 0 aliphatic rings. The van der Waals surface area contributed by atoms with Gasteiger partial charge in [-0.3, -0.25) is 9.78 Å². The van der Waals surface area contributed by atoms with E-state index < -0.39 is 0 Å². The van der Waals surface area contributed by atoms with Crippen LogP contribution in [0, 0.1) is 13.8 Å². The minimum atomic E-state index is 0.443. The average Bonchev–Trinajstić information content (AvgIpc) is 2.28. The lowest BCUT2D eigenvalue weighted by Crippen LogP contribution is -1.94. The van der Waals surface area contributed by atoms with E-state index in [1.807, 2.05) is 32.0 Å². The molecule has 0 saturated carbocycles. The molecule has 3 nitrogen and oxygen atoms in total. The SMILES string of the molecule is Cc1ccnc(-c2cc(C)cc(C=O)n2)c1. The molecule has 0 radical (unpaired) electrons. The predicted molar refractivity (Wildman–Crippen MR) is 62.3 cm³/mol. The summed E-state index contributed by atoms with van der Waals surface area (Å²) in [6.07, 6.45) is 2.50. The smallest absolute Gasteiger partial charge is 0.168 e. The molecule has 2 heterocycles. The quantitative estimate of drug-likeness (QED) is 0.718. The number of aromatic nitrogens is 2. The van der Waals surface area contributed by atoms with Gasteiger partial charge in [0, 0.05) is 6.20 Å². The Kier molecular flexibility index (Phi) is 2.77. The molecular formula is C13H12N2O. The van der Waals surface area contributed by atoms with Gasteiger partial charge in [0.1, 0.15) is 5.69 Å². The lowest BCUT2D eigenvalue weighted by molar-refractivity contribution is 0.111. The Hall–Kier alpha value is -2.03. The minimum Gasteiger partial charge on any atom is -0.296 e. The summed E-state index contributed by atoms with van der Waals surface area (Å²) >= 11 is 0. The van der Waals surface area contributed by atoms with Crippen LogP contribution in [0.3, 0.4) is 0 Å². The molecule has 2 aromatic rings. The van der Waals surface area contributed by atoms with E-state index in [1.165, 1.54) is 0 Å². The average molecular weight is 212 g/mol. The molecular weight excluding hydrogens is 200 g/mol. The molecule has 3 heteroatoms. The Balaban J connectivity index is 2.55. The lowest BCUT2D eigenvalue weighted by Gasteiger charge is -2.03. The van der Waals surface area contributed by atoms with Crippen molar-refractivity contribution in [2.75, 3.05) is 0 Å². The largest absolute Gasteiger partial charge is 0.296 e. The van der Waals surface area contributed by atoms with E-state index in [-0.39, 0.29) is 0 Å². The van der Waals surface area contributed by atoms with Gasteiger partial charge in [0.15, 0.2) is 6.29 Å². The van der Waals surface area contributed by atoms with Crippen molar-refractivity contribution < 1.29 is 4.79 Å². The van der Waals surface area contributed by atoms with Crippen LogP contribution in [-0.4, -0.2) is 16.3 Å². The number of carbonyl (C=O) groups excluding carboxylic acids is 1. The van der Waals surface area contributed by atoms with Gasteiger partial charge in [-0.25, -0.2) is 4.98 Å². The summed E-state index contributed by atoms with van der Waals surface area (Å²) < 4.78 is 0. The first-order valence-electron chi connectivity index (χ1n) is 5.06. The molecule has 0 N–H and O–H groups in total. The molecule has 0 bridgehead atoms. The van der Waals surface area contributed by atoms with Crippen molar-refractivity contribution in [1.29, 1.82) is 0 Å². The highest BCUT2D eigenvalue weighted by atomic mass is 16.1. The third-order valence-electron chi connectivity index (χ3n) is 2.29. The molecule has 0 amide bonds. The van der Waals surface area contributed by atoms with E-state index >= 15 is 0 Å². The van der Waals surface area contributed by atoms with E-state index in [1.54, 1.807) is 12.3 Å². The molecule has 80 valence electrons. The van der Waals surface area contributed by atoms with Crippen LogP contribution >= 0.6 is 0 Å². The Morgan fingerprint density at radius 3 is 2.50 bits per heavy atom. The zero-order valence-electron chi connectivity index (χ0n) is 9.27. The highest BCUT2D eigenvalue weighted by Gasteiger charge is 2.04. The van der Waals surface area contributed by atoms with Crippen LogP contribution in [0.15, 0.2) is 30.5 Å². The number of carbonyl (C=O) groups is 1. The molecule has 0 atom stereocenters. The Bertz CT molecular complexity index is 535. The van der Waals surface area contributed by atoms with Crippen molar-refractivity contribution in [3.63, 3.8) is 0 Å². The van der Waals surface area contributed by atoms with Crippen LogP contribution in [0.2, 0.25) is 0 Å². The maximum atomic E-state index is 10.7. The summed E-state index contributed by atoms with van der Waals surface area (Å²) in [4.78, 5) is 19.2. The van der Waals surface area contributed by atoms with Gasteiger partial charge in [0.05, 0.1) is 11.4 Å².